The number of benzene rings is 4. The van der Waals surface area contributed by atoms with Gasteiger partial charge in [-0.25, -0.2) is 16.8 Å². The van der Waals surface area contributed by atoms with E-state index in [-0.39, 0.29) is 53.2 Å². The van der Waals surface area contributed by atoms with Gasteiger partial charge in [-0.2, -0.15) is 26.3 Å². The molecule has 0 fully saturated rings. The Hall–Kier alpha value is -2.26. The summed E-state index contributed by atoms with van der Waals surface area (Å²) in [6.07, 6.45) is 0. The van der Waals surface area contributed by atoms with Crippen LogP contribution in [0.4, 0.5) is 26.3 Å². The quantitative estimate of drug-likeness (QED) is 0.113. The fourth-order valence-electron chi connectivity index (χ4n) is 4.30. The zero-order valence-corrected chi connectivity index (χ0v) is 31.5. The third kappa shape index (κ3) is 10.4. The van der Waals surface area contributed by atoms with Crippen molar-refractivity contribution in [3.05, 3.63) is 134 Å². The van der Waals surface area contributed by atoms with Crippen LogP contribution in [0.15, 0.2) is 97.1 Å². The third-order valence-electron chi connectivity index (χ3n) is 7.27. The van der Waals surface area contributed by atoms with E-state index in [4.69, 9.17) is 25.9 Å². The van der Waals surface area contributed by atoms with Crippen LogP contribution in [-0.2, 0) is 31.1 Å². The van der Waals surface area contributed by atoms with Crippen LogP contribution in [0.2, 0.25) is 0 Å². The van der Waals surface area contributed by atoms with Crippen LogP contribution in [0, 0.1) is 14.3 Å². The van der Waals surface area contributed by atoms with Crippen molar-refractivity contribution in [2.75, 3.05) is 0 Å². The molecule has 0 saturated heterocycles. The normalized spacial score (nSPS) is 15.6. The molecule has 4 aromatic rings. The van der Waals surface area contributed by atoms with Crippen molar-refractivity contribution in [3.63, 3.8) is 0 Å². The predicted molar refractivity (Wildman–Crippen MR) is 156 cm³/mol. The molecule has 0 spiro atoms. The first-order valence-electron chi connectivity index (χ1n) is 13.6. The molecule has 16 heteroatoms. The van der Waals surface area contributed by atoms with E-state index in [1.165, 1.54) is 36.5 Å². The van der Waals surface area contributed by atoms with Crippen molar-refractivity contribution in [3.8, 4) is 0 Å². The largest absolute Gasteiger partial charge is 0.741 e. The molecule has 7 heterocycles. The van der Waals surface area contributed by atoms with Crippen molar-refractivity contribution in [1.82, 2.24) is 0 Å². The fraction of sp³-hybridized carbons (Fsp3) is 0.250. The van der Waals surface area contributed by atoms with E-state index in [1.807, 2.05) is 0 Å². The second kappa shape index (κ2) is 14.9. The molecule has 11 rings (SSSR count). The van der Waals surface area contributed by atoms with Crippen molar-refractivity contribution in [2.45, 2.75) is 49.5 Å². The highest BCUT2D eigenvalue weighted by Gasteiger charge is 2.37. The molecule has 48 heavy (non-hydrogen) atoms. The molecule has 0 aliphatic carbocycles. The lowest BCUT2D eigenvalue weighted by Gasteiger charge is -2.26. The lowest BCUT2D eigenvalue weighted by atomic mass is 9.78. The van der Waals surface area contributed by atoms with Gasteiger partial charge in [0.15, 0.2) is 34.5 Å². The summed E-state index contributed by atoms with van der Waals surface area (Å²) in [5.74, 6) is 0. The first-order valence-corrected chi connectivity index (χ1v) is 20.7. The summed E-state index contributed by atoms with van der Waals surface area (Å²) in [6, 6.07) is 37.5. The van der Waals surface area contributed by atoms with Crippen LogP contribution in [-0.4, -0.2) is 37.0 Å². The highest BCUT2D eigenvalue weighted by Crippen LogP contribution is 2.32. The number of hydrogen-bond acceptors (Lipinski definition) is 6. The summed E-state index contributed by atoms with van der Waals surface area (Å²) < 4.78 is 124. The van der Waals surface area contributed by atoms with Crippen LogP contribution in [0.5, 0.6) is 0 Å². The summed E-state index contributed by atoms with van der Waals surface area (Å²) in [7, 11) is -12.2. The van der Waals surface area contributed by atoms with E-state index in [1.54, 1.807) is 0 Å². The molecular formula is C32H28F6I2O6S2. The molecule has 8 bridgehead atoms. The molecular weight excluding hydrogens is 912 g/mol. The maximum Gasteiger partial charge on any atom is 0.485 e. The van der Waals surface area contributed by atoms with Gasteiger partial charge in [-0.3, -0.25) is 0 Å². The second-order valence-corrected chi connectivity index (χ2v) is 20.1. The van der Waals surface area contributed by atoms with Crippen LogP contribution >= 0.6 is 0 Å². The molecule has 260 valence electrons. The van der Waals surface area contributed by atoms with Gasteiger partial charge < -0.3 is 9.11 Å². The number of hydrogen-bond donors (Lipinski definition) is 0. The standard InChI is InChI=1S/C30H28I2.2CHF3O3S/c1-29(2)21-5-13-25(14-6-21)31-27-17-9-23(10-18-27)30(3,4)24-11-19-28(20-12-24)32-26-15-7-22(29)8-16-26;2*2-1(3,4)8(5,6)7/h5-20H,1-4H3;2*(H,5,6,7)/q+2;;/p-2. The van der Waals surface area contributed by atoms with Gasteiger partial charge in [0.25, 0.3) is 0 Å². The minimum atomic E-state index is -6.09. The molecule has 7 aliphatic rings. The maximum absolute atomic E-state index is 10.7. The van der Waals surface area contributed by atoms with E-state index < -0.39 is 31.3 Å². The van der Waals surface area contributed by atoms with Crippen LogP contribution < -0.4 is 42.4 Å². The van der Waals surface area contributed by atoms with E-state index in [2.05, 4.69) is 125 Å². The first-order chi connectivity index (χ1) is 21.8. The van der Waals surface area contributed by atoms with E-state index in [9.17, 15) is 26.3 Å². The van der Waals surface area contributed by atoms with Crippen molar-refractivity contribution < 1.29 is 94.7 Å². The minimum Gasteiger partial charge on any atom is -0.741 e. The van der Waals surface area contributed by atoms with Gasteiger partial charge in [-0.1, -0.05) is 76.2 Å². The first kappa shape index (κ1) is 40.2. The van der Waals surface area contributed by atoms with Gasteiger partial charge in [-0.15, -0.1) is 0 Å². The maximum atomic E-state index is 10.7. The highest BCUT2D eigenvalue weighted by molar-refractivity contribution is 7.86. The van der Waals surface area contributed by atoms with Gasteiger partial charge in [0.2, 0.25) is 0 Å². The third-order valence-corrected chi connectivity index (χ3v) is 13.8. The van der Waals surface area contributed by atoms with Crippen molar-refractivity contribution >= 4 is 20.2 Å². The summed E-state index contributed by atoms with van der Waals surface area (Å²) in [5.41, 5.74) is -5.75. The molecule has 0 N–H and O–H groups in total. The van der Waals surface area contributed by atoms with Crippen molar-refractivity contribution in [1.29, 1.82) is 0 Å². The minimum absolute atomic E-state index is 0.00339. The summed E-state index contributed by atoms with van der Waals surface area (Å²) >= 11 is -0.348. The van der Waals surface area contributed by atoms with Gasteiger partial charge in [0.1, 0.15) is 0 Å². The average Bonchev–Trinajstić information content (AvgIpc) is 2.97. The Kier molecular flexibility index (Phi) is 12.5. The molecule has 0 aromatic heterocycles. The van der Waals surface area contributed by atoms with E-state index in [0.29, 0.717) is 0 Å². The van der Waals surface area contributed by atoms with Gasteiger partial charge in [0, 0.05) is 10.8 Å². The van der Waals surface area contributed by atoms with Gasteiger partial charge in [0.05, 0.1) is 0 Å². The van der Waals surface area contributed by atoms with Crippen LogP contribution in [0.1, 0.15) is 49.9 Å². The topological polar surface area (TPSA) is 114 Å². The molecule has 0 atom stereocenters. The van der Waals surface area contributed by atoms with Gasteiger partial charge >= 0.3 is 53.4 Å². The Bertz CT molecular complexity index is 1670. The summed E-state index contributed by atoms with van der Waals surface area (Å²) in [4.78, 5) is 0. The Morgan fingerprint density at radius 1 is 0.438 bits per heavy atom. The predicted octanol–water partition coefficient (Wildman–Crippen LogP) is 1.01. The molecule has 0 saturated carbocycles. The van der Waals surface area contributed by atoms with E-state index >= 15 is 0 Å². The second-order valence-electron chi connectivity index (χ2n) is 11.3. The molecule has 4 aromatic carbocycles. The lowest BCUT2D eigenvalue weighted by molar-refractivity contribution is -0.597. The number of halogens is 8. The number of alkyl halides is 6. The molecule has 0 amide bonds. The summed E-state index contributed by atoms with van der Waals surface area (Å²) in [6.45, 7) is 9.36. The Balaban J connectivity index is 0.000000325. The lowest BCUT2D eigenvalue weighted by Crippen LogP contribution is -3.61. The van der Waals surface area contributed by atoms with Gasteiger partial charge in [-0.05, 0) is 70.8 Å². The Labute approximate surface area is 296 Å². The molecule has 6 nitrogen and oxygen atoms in total. The zero-order chi connectivity index (χ0) is 36.3. The molecule has 0 unspecified atom stereocenters. The highest BCUT2D eigenvalue weighted by atomic mass is 127. The zero-order valence-electron chi connectivity index (χ0n) is 25.5. The Morgan fingerprint density at radius 2 is 0.583 bits per heavy atom. The van der Waals surface area contributed by atoms with Crippen molar-refractivity contribution in [2.24, 2.45) is 0 Å². The monoisotopic (exact) mass is 940 g/mol. The fourth-order valence-corrected chi connectivity index (χ4v) is 8.62. The SMILES string of the molecule is CC1(C)c2ccc(cc2)[I+]c2ccc(cc2)C(C)(C)c2ccc(cc2)[I+]c2ccc1cc2.O=S(=O)([O-])C(F)(F)F.O=S(=O)([O-])C(F)(F)F. The number of rotatable bonds is 0. The molecule has 7 aliphatic heterocycles. The summed E-state index contributed by atoms with van der Waals surface area (Å²) in [5, 5.41) is 0. The smallest absolute Gasteiger partial charge is 0.485 e. The van der Waals surface area contributed by atoms with Crippen LogP contribution in [0.25, 0.3) is 0 Å². The average molecular weight is 941 g/mol. The van der Waals surface area contributed by atoms with E-state index in [0.717, 1.165) is 0 Å². The Morgan fingerprint density at radius 3 is 0.708 bits per heavy atom. The van der Waals surface area contributed by atoms with Crippen LogP contribution in [0.3, 0.4) is 0 Å². The molecule has 0 radical (unpaired) electrons.